The molecule has 0 aliphatic carbocycles. The topological polar surface area (TPSA) is 54.9 Å². The van der Waals surface area contributed by atoms with Crippen LogP contribution in [0.25, 0.3) is 0 Å². The van der Waals surface area contributed by atoms with E-state index in [1.165, 1.54) is 0 Å². The number of aliphatic imine (C=N–C) groups is 1. The number of nitrogens with zero attached hydrogens (tertiary/aromatic N) is 1. The monoisotopic (exact) mass is 463 g/mol. The Morgan fingerprint density at radius 3 is 2.48 bits per heavy atom. The molecule has 1 aromatic carbocycles. The van der Waals surface area contributed by atoms with Gasteiger partial charge in [0.2, 0.25) is 0 Å². The summed E-state index contributed by atoms with van der Waals surface area (Å²) < 4.78 is 11.3. The molecule has 0 bridgehead atoms. The molecule has 0 atom stereocenters. The fourth-order valence-corrected chi connectivity index (χ4v) is 1.96. The van der Waals surface area contributed by atoms with Crippen molar-refractivity contribution in [2.45, 2.75) is 46.3 Å². The summed E-state index contributed by atoms with van der Waals surface area (Å²) in [6.07, 6.45) is 1.05. The fourth-order valence-electron chi connectivity index (χ4n) is 1.96. The maximum absolute atomic E-state index is 5.93. The Hall–Kier alpha value is -1.02. The third kappa shape index (κ3) is 9.89. The predicted octanol–water partition coefficient (Wildman–Crippen LogP) is 3.82. The summed E-state index contributed by atoms with van der Waals surface area (Å²) in [5, 5.41) is 6.61. The van der Waals surface area contributed by atoms with Crippen LogP contribution in [0.5, 0.6) is 5.75 Å². The van der Waals surface area contributed by atoms with Gasteiger partial charge in [-0.3, -0.25) is 4.99 Å². The van der Waals surface area contributed by atoms with E-state index < -0.39 is 0 Å². The lowest BCUT2D eigenvalue weighted by atomic mass is 10.1. The van der Waals surface area contributed by atoms with Crippen LogP contribution in [-0.4, -0.2) is 38.9 Å². The molecule has 1 rings (SSSR count). The van der Waals surface area contributed by atoms with Crippen molar-refractivity contribution in [1.82, 2.24) is 10.6 Å². The van der Waals surface area contributed by atoms with E-state index in [0.717, 1.165) is 30.3 Å². The molecule has 144 valence electrons. The Labute approximate surface area is 170 Å². The fraction of sp³-hybridized carbons (Fsp3) is 0.632. The van der Waals surface area contributed by atoms with Crippen LogP contribution in [0.4, 0.5) is 0 Å². The van der Waals surface area contributed by atoms with E-state index in [2.05, 4.69) is 35.5 Å². The van der Waals surface area contributed by atoms with Crippen molar-refractivity contribution in [2.75, 3.05) is 27.3 Å². The van der Waals surface area contributed by atoms with E-state index in [-0.39, 0.29) is 29.6 Å². The Balaban J connectivity index is 0.00000576. The molecule has 0 spiro atoms. The zero-order valence-electron chi connectivity index (χ0n) is 16.4. The van der Waals surface area contributed by atoms with Crippen molar-refractivity contribution in [1.29, 1.82) is 0 Å². The van der Waals surface area contributed by atoms with Gasteiger partial charge in [0.15, 0.2) is 5.96 Å². The number of rotatable bonds is 9. The third-order valence-corrected chi connectivity index (χ3v) is 3.83. The first kappa shape index (κ1) is 24.0. The number of hydrogen-bond acceptors (Lipinski definition) is 3. The summed E-state index contributed by atoms with van der Waals surface area (Å²) in [6, 6.07) is 8.12. The van der Waals surface area contributed by atoms with E-state index in [0.29, 0.717) is 19.0 Å². The minimum Gasteiger partial charge on any atom is -0.493 e. The lowest BCUT2D eigenvalue weighted by Crippen LogP contribution is -2.45. The van der Waals surface area contributed by atoms with Crippen molar-refractivity contribution in [3.05, 3.63) is 29.8 Å². The molecule has 6 heteroatoms. The molecular weight excluding hydrogens is 429 g/mol. The average molecular weight is 463 g/mol. The lowest BCUT2D eigenvalue weighted by Gasteiger charge is -2.24. The second-order valence-corrected chi connectivity index (χ2v) is 6.88. The second kappa shape index (κ2) is 12.4. The molecule has 2 N–H and O–H groups in total. The zero-order chi connectivity index (χ0) is 18.0. The van der Waals surface area contributed by atoms with Crippen molar-refractivity contribution in [3.63, 3.8) is 0 Å². The van der Waals surface area contributed by atoms with Gasteiger partial charge in [0, 0.05) is 32.8 Å². The highest BCUT2D eigenvalue weighted by molar-refractivity contribution is 14.0. The molecule has 0 fully saturated rings. The van der Waals surface area contributed by atoms with Crippen LogP contribution in [0.15, 0.2) is 29.3 Å². The zero-order valence-corrected chi connectivity index (χ0v) is 18.7. The quantitative estimate of drug-likeness (QED) is 0.332. The van der Waals surface area contributed by atoms with Gasteiger partial charge in [-0.2, -0.15) is 0 Å². The molecule has 0 aliphatic rings. The van der Waals surface area contributed by atoms with Gasteiger partial charge in [-0.25, -0.2) is 0 Å². The number of hydrogen-bond donors (Lipinski definition) is 2. The van der Waals surface area contributed by atoms with E-state index in [1.54, 1.807) is 14.2 Å². The van der Waals surface area contributed by atoms with Gasteiger partial charge in [-0.05, 0) is 32.3 Å². The van der Waals surface area contributed by atoms with Gasteiger partial charge < -0.3 is 20.1 Å². The average Bonchev–Trinajstić information content (AvgIpc) is 2.56. The van der Waals surface area contributed by atoms with Gasteiger partial charge in [0.25, 0.3) is 0 Å². The van der Waals surface area contributed by atoms with Crippen LogP contribution in [0.2, 0.25) is 0 Å². The summed E-state index contributed by atoms with van der Waals surface area (Å²) in [7, 11) is 3.47. The highest BCUT2D eigenvalue weighted by Gasteiger charge is 2.16. The van der Waals surface area contributed by atoms with Crippen LogP contribution >= 0.6 is 24.0 Å². The van der Waals surface area contributed by atoms with Gasteiger partial charge >= 0.3 is 0 Å². The molecule has 0 radical (unpaired) electrons. The molecule has 0 saturated heterocycles. The van der Waals surface area contributed by atoms with E-state index in [1.807, 2.05) is 32.0 Å². The van der Waals surface area contributed by atoms with Crippen molar-refractivity contribution >= 4 is 29.9 Å². The Morgan fingerprint density at radius 2 is 1.88 bits per heavy atom. The molecule has 0 amide bonds. The molecule has 1 aromatic rings. The Kier molecular flexibility index (Phi) is 11.8. The summed E-state index contributed by atoms with van der Waals surface area (Å²) in [5.41, 5.74) is 0.880. The van der Waals surface area contributed by atoms with Gasteiger partial charge in [0.05, 0.1) is 12.2 Å². The number of methoxy groups -OCH3 is 1. The summed E-state index contributed by atoms with van der Waals surface area (Å²) in [4.78, 5) is 4.25. The summed E-state index contributed by atoms with van der Waals surface area (Å²) >= 11 is 0. The largest absolute Gasteiger partial charge is 0.493 e. The van der Waals surface area contributed by atoms with E-state index >= 15 is 0 Å². The normalized spacial score (nSPS) is 11.9. The number of ether oxygens (including phenoxy) is 2. The van der Waals surface area contributed by atoms with Crippen LogP contribution in [0, 0.1) is 5.92 Å². The highest BCUT2D eigenvalue weighted by Crippen LogP contribution is 2.18. The molecule has 0 heterocycles. The van der Waals surface area contributed by atoms with E-state index in [9.17, 15) is 0 Å². The molecule has 25 heavy (non-hydrogen) atoms. The molecule has 5 nitrogen and oxygen atoms in total. The summed E-state index contributed by atoms with van der Waals surface area (Å²) in [5.74, 6) is 2.32. The first-order chi connectivity index (χ1) is 11.4. The van der Waals surface area contributed by atoms with Crippen molar-refractivity contribution in [2.24, 2.45) is 10.9 Å². The summed E-state index contributed by atoms with van der Waals surface area (Å²) in [6.45, 7) is 10.5. The molecule has 0 unspecified atom stereocenters. The second-order valence-electron chi connectivity index (χ2n) is 6.88. The number of benzene rings is 1. The lowest BCUT2D eigenvalue weighted by molar-refractivity contribution is 0.0268. The standard InChI is InChI=1S/C19H33N3O2.HI/c1-15(2)11-12-24-17-10-8-7-9-16(17)13-21-18(20-5)22-14-19(3,4)23-6;/h7-10,15H,11-14H2,1-6H3,(H2,20,21,22);1H. The van der Waals surface area contributed by atoms with Crippen LogP contribution < -0.4 is 15.4 Å². The maximum Gasteiger partial charge on any atom is 0.191 e. The van der Waals surface area contributed by atoms with Gasteiger partial charge in [-0.15, -0.1) is 24.0 Å². The van der Waals surface area contributed by atoms with Gasteiger partial charge in [0.1, 0.15) is 5.75 Å². The number of halogens is 1. The Morgan fingerprint density at radius 1 is 1.20 bits per heavy atom. The molecule has 0 aromatic heterocycles. The smallest absolute Gasteiger partial charge is 0.191 e. The van der Waals surface area contributed by atoms with Gasteiger partial charge in [-0.1, -0.05) is 32.0 Å². The number of nitrogens with one attached hydrogen (secondary N) is 2. The maximum atomic E-state index is 5.93. The van der Waals surface area contributed by atoms with E-state index in [4.69, 9.17) is 9.47 Å². The predicted molar refractivity (Wildman–Crippen MR) is 116 cm³/mol. The van der Waals surface area contributed by atoms with Crippen LogP contribution in [0.3, 0.4) is 0 Å². The number of para-hydroxylation sites is 1. The van der Waals surface area contributed by atoms with Crippen LogP contribution in [0.1, 0.15) is 39.7 Å². The van der Waals surface area contributed by atoms with Crippen molar-refractivity contribution in [3.8, 4) is 5.75 Å². The minimum atomic E-state index is -0.241. The first-order valence-corrected chi connectivity index (χ1v) is 8.58. The number of guanidine groups is 1. The highest BCUT2D eigenvalue weighted by atomic mass is 127. The molecule has 0 saturated carbocycles. The Bertz CT molecular complexity index is 519. The van der Waals surface area contributed by atoms with Crippen LogP contribution in [-0.2, 0) is 11.3 Å². The minimum absolute atomic E-state index is 0. The first-order valence-electron chi connectivity index (χ1n) is 8.58. The molecule has 0 aliphatic heterocycles. The molecular formula is C19H34IN3O2. The SMILES string of the molecule is CN=C(NCc1ccccc1OCCC(C)C)NCC(C)(C)OC.I. The third-order valence-electron chi connectivity index (χ3n) is 3.83. The van der Waals surface area contributed by atoms with Crippen molar-refractivity contribution < 1.29 is 9.47 Å².